The second-order valence-corrected chi connectivity index (χ2v) is 20.5. The number of hydrogen-bond donors (Lipinski definition) is 2. The maximum atomic E-state index is 4.62. The average Bonchev–Trinajstić information content (AvgIpc) is 3.55. The topological polar surface area (TPSA) is 0 Å². The average molecular weight is 725 g/mol. The molecule has 42 heavy (non-hydrogen) atoms. The van der Waals surface area contributed by atoms with Crippen LogP contribution in [0.3, 0.4) is 0 Å². The molecule has 0 atom stereocenters. The molecule has 0 nitrogen and oxygen atoms in total. The van der Waals surface area contributed by atoms with E-state index in [2.05, 4.69) is 62.6 Å². The van der Waals surface area contributed by atoms with Gasteiger partial charge in [-0.3, -0.25) is 0 Å². The van der Waals surface area contributed by atoms with E-state index in [0.29, 0.717) is 0 Å². The molecule has 0 aromatic heterocycles. The molecule has 0 saturated heterocycles. The van der Waals surface area contributed by atoms with Gasteiger partial charge < -0.3 is 0 Å². The Bertz CT molecular complexity index is 728. The van der Waals surface area contributed by atoms with Crippen molar-refractivity contribution >= 4 is 95.8 Å². The molecule has 0 spiro atoms. The fourth-order valence-corrected chi connectivity index (χ4v) is 14.6. The second kappa shape index (κ2) is 28.1. The van der Waals surface area contributed by atoms with Crippen molar-refractivity contribution in [2.45, 2.75) is 168 Å². The number of thioether (sulfide) groups is 6. The van der Waals surface area contributed by atoms with Crippen molar-refractivity contribution < 1.29 is 0 Å². The highest BCUT2D eigenvalue weighted by atomic mass is 32.3. The summed E-state index contributed by atoms with van der Waals surface area (Å²) >= 11 is 21.1. The highest BCUT2D eigenvalue weighted by molar-refractivity contribution is 8.43. The lowest BCUT2D eigenvalue weighted by atomic mass is 10.1. The van der Waals surface area contributed by atoms with Crippen molar-refractivity contribution in [3.05, 3.63) is 25.4 Å². The van der Waals surface area contributed by atoms with Crippen molar-refractivity contribution in [1.82, 2.24) is 0 Å². The highest BCUT2D eigenvalue weighted by Crippen LogP contribution is 2.64. The van der Waals surface area contributed by atoms with Gasteiger partial charge in [-0.1, -0.05) is 202 Å². The molecule has 244 valence electrons. The van der Waals surface area contributed by atoms with Crippen molar-refractivity contribution in [2.24, 2.45) is 0 Å². The monoisotopic (exact) mass is 724 g/mol. The Hall–Kier alpha value is 2.02. The molecule has 2 aliphatic rings. The molecule has 2 heterocycles. The first-order chi connectivity index (χ1) is 20.7. The molecule has 2 rings (SSSR count). The molecule has 0 fully saturated rings. The van der Waals surface area contributed by atoms with Gasteiger partial charge in [0.05, 0.1) is 25.4 Å². The van der Waals surface area contributed by atoms with E-state index in [4.69, 9.17) is 0 Å². The van der Waals surface area contributed by atoms with Crippen LogP contribution in [0.15, 0.2) is 25.4 Å². The Morgan fingerprint density at radius 2 is 0.643 bits per heavy atom. The number of unbranched alkanes of at least 4 members (excludes halogenated alkanes) is 22. The molecule has 0 unspecified atom stereocenters. The molecule has 0 aromatic carbocycles. The molecule has 0 saturated carbocycles. The van der Waals surface area contributed by atoms with Crippen molar-refractivity contribution in [3.8, 4) is 0 Å². The minimum Gasteiger partial charge on any atom is -0.135 e. The van der Waals surface area contributed by atoms with Gasteiger partial charge in [0.2, 0.25) is 0 Å². The Morgan fingerprint density at radius 3 is 0.952 bits per heavy atom. The van der Waals surface area contributed by atoms with Crippen LogP contribution in [0, 0.1) is 0 Å². The lowest BCUT2D eigenvalue weighted by Crippen LogP contribution is -1.85. The minimum atomic E-state index is 1.05. The normalized spacial score (nSPS) is 15.7. The van der Waals surface area contributed by atoms with E-state index in [9.17, 15) is 0 Å². The van der Waals surface area contributed by atoms with Gasteiger partial charge in [0, 0.05) is 0 Å². The molecular weight excluding hydrogens is 665 g/mol. The molecule has 0 N–H and O–H groups in total. The van der Waals surface area contributed by atoms with Gasteiger partial charge in [0.1, 0.15) is 0 Å². The SMILES string of the molecule is CCCCCCCCCCCCCCSC1=C(SCCCCCCCCCCCCCC)SC(=C2SC(S)=C(S)S2)S1. The summed E-state index contributed by atoms with van der Waals surface area (Å²) in [6.07, 6.45) is 34.2. The third-order valence-electron chi connectivity index (χ3n) is 7.73. The van der Waals surface area contributed by atoms with Gasteiger partial charge in [0.25, 0.3) is 0 Å². The first kappa shape index (κ1) is 40.2. The third kappa shape index (κ3) is 19.6. The summed E-state index contributed by atoms with van der Waals surface area (Å²) in [4.78, 5) is 0. The Labute approximate surface area is 298 Å². The molecular formula is C34H60S8. The maximum absolute atomic E-state index is 4.62. The summed E-state index contributed by atoms with van der Waals surface area (Å²) in [7, 11) is 0. The van der Waals surface area contributed by atoms with Crippen LogP contribution >= 0.6 is 95.8 Å². The standard InChI is InChI=1S/C34H60S8/c1-3-5-7-9-11-13-15-17-19-21-23-25-27-37-31-32(42-34(41-31)33-39-29(35)30(36)40-33)38-28-26-24-22-20-18-16-14-12-10-8-6-4-2/h35-36H,3-28H2,1-2H3. The van der Waals surface area contributed by atoms with Crippen LogP contribution in [0.25, 0.3) is 0 Å². The Morgan fingerprint density at radius 1 is 0.381 bits per heavy atom. The molecule has 0 amide bonds. The van der Waals surface area contributed by atoms with E-state index in [-0.39, 0.29) is 0 Å². The predicted molar refractivity (Wildman–Crippen MR) is 216 cm³/mol. The summed E-state index contributed by atoms with van der Waals surface area (Å²) in [5.74, 6) is 2.53. The quantitative estimate of drug-likeness (QED) is 0.0605. The number of hydrogen-bond acceptors (Lipinski definition) is 8. The molecule has 2 aliphatic heterocycles. The zero-order valence-corrected chi connectivity index (χ0v) is 33.4. The van der Waals surface area contributed by atoms with E-state index < -0.39 is 0 Å². The van der Waals surface area contributed by atoms with Gasteiger partial charge in [0.15, 0.2) is 0 Å². The van der Waals surface area contributed by atoms with Crippen LogP contribution in [0.1, 0.15) is 168 Å². The molecule has 8 heteroatoms. The molecule has 0 aliphatic carbocycles. The minimum absolute atomic E-state index is 1.05. The van der Waals surface area contributed by atoms with Gasteiger partial charge in [-0.15, -0.1) is 48.8 Å². The zero-order chi connectivity index (χ0) is 30.1. The molecule has 0 bridgehead atoms. The van der Waals surface area contributed by atoms with Crippen molar-refractivity contribution in [2.75, 3.05) is 11.5 Å². The van der Waals surface area contributed by atoms with Crippen molar-refractivity contribution in [1.29, 1.82) is 0 Å². The summed E-state index contributed by atoms with van der Waals surface area (Å²) in [6.45, 7) is 4.61. The first-order valence-electron chi connectivity index (χ1n) is 17.2. The zero-order valence-electron chi connectivity index (χ0n) is 26.7. The third-order valence-corrected chi connectivity index (χ3v) is 17.6. The largest absolute Gasteiger partial charge is 0.135 e. The lowest BCUT2D eigenvalue weighted by molar-refractivity contribution is 0.548. The Kier molecular flexibility index (Phi) is 26.9. The van der Waals surface area contributed by atoms with Crippen LogP contribution in [-0.2, 0) is 0 Å². The van der Waals surface area contributed by atoms with Gasteiger partial charge in [-0.2, -0.15) is 0 Å². The fourth-order valence-electron chi connectivity index (χ4n) is 5.12. The summed E-state index contributed by atoms with van der Waals surface area (Å²) in [5.41, 5.74) is 0. The van der Waals surface area contributed by atoms with Gasteiger partial charge in [-0.25, -0.2) is 0 Å². The highest BCUT2D eigenvalue weighted by Gasteiger charge is 2.28. The van der Waals surface area contributed by atoms with E-state index >= 15 is 0 Å². The van der Waals surface area contributed by atoms with Crippen LogP contribution in [0.5, 0.6) is 0 Å². The van der Waals surface area contributed by atoms with Gasteiger partial charge >= 0.3 is 0 Å². The summed E-state index contributed by atoms with van der Waals surface area (Å²) in [6, 6.07) is 0. The molecule has 0 radical (unpaired) electrons. The van der Waals surface area contributed by atoms with Crippen LogP contribution in [0.4, 0.5) is 0 Å². The molecule has 0 aromatic rings. The van der Waals surface area contributed by atoms with Gasteiger partial charge in [-0.05, 0) is 24.3 Å². The van der Waals surface area contributed by atoms with Crippen LogP contribution in [-0.4, -0.2) is 11.5 Å². The van der Waals surface area contributed by atoms with E-state index in [1.807, 2.05) is 23.5 Å². The lowest BCUT2D eigenvalue weighted by Gasteiger charge is -2.06. The first-order valence-corrected chi connectivity index (χ1v) is 23.4. The van der Waals surface area contributed by atoms with Crippen molar-refractivity contribution in [3.63, 3.8) is 0 Å². The van der Waals surface area contributed by atoms with E-state index in [0.717, 1.165) is 8.47 Å². The predicted octanol–water partition coefficient (Wildman–Crippen LogP) is 16.1. The number of rotatable bonds is 28. The summed E-state index contributed by atoms with van der Waals surface area (Å²) in [5, 5.41) is 0. The van der Waals surface area contributed by atoms with Crippen LogP contribution in [0.2, 0.25) is 0 Å². The maximum Gasteiger partial charge on any atom is 0.0717 e. The van der Waals surface area contributed by atoms with Crippen LogP contribution < -0.4 is 0 Å². The fraction of sp³-hybridized carbons (Fsp3) is 0.824. The Balaban J connectivity index is 1.59. The number of thiol groups is 2. The van der Waals surface area contributed by atoms with E-state index in [1.54, 1.807) is 32.0 Å². The summed E-state index contributed by atoms with van der Waals surface area (Å²) < 4.78 is 8.05. The smallest absolute Gasteiger partial charge is 0.0717 e. The van der Waals surface area contributed by atoms with E-state index in [1.165, 1.54) is 174 Å². The second-order valence-electron chi connectivity index (χ2n) is 11.6.